The van der Waals surface area contributed by atoms with Gasteiger partial charge in [-0.15, -0.1) is 0 Å². The highest BCUT2D eigenvalue weighted by molar-refractivity contribution is 7.99. The minimum Gasteiger partial charge on any atom is -0.379 e. The van der Waals surface area contributed by atoms with Crippen molar-refractivity contribution in [3.8, 4) is 0 Å². The Morgan fingerprint density at radius 1 is 1.36 bits per heavy atom. The Hall–Kier alpha value is -0.510. The minimum absolute atomic E-state index is 0.0680. The van der Waals surface area contributed by atoms with E-state index >= 15 is 0 Å². The lowest BCUT2D eigenvalue weighted by Crippen LogP contribution is -2.42. The van der Waals surface area contributed by atoms with Crippen LogP contribution in [0.3, 0.4) is 0 Å². The molecule has 0 unspecified atom stereocenters. The number of aliphatic imine (C=N–C) groups is 1. The molecule has 0 spiro atoms. The second-order valence-electron chi connectivity index (χ2n) is 6.50. The predicted molar refractivity (Wildman–Crippen MR) is 105 cm³/mol. The summed E-state index contributed by atoms with van der Waals surface area (Å²) in [6.07, 6.45) is 2.59. The number of nitrogens with zero attached hydrogens (tertiary/aromatic N) is 3. The van der Waals surface area contributed by atoms with Crippen LogP contribution < -0.4 is 5.32 Å². The first-order valence-electron chi connectivity index (χ1n) is 9.15. The van der Waals surface area contributed by atoms with E-state index in [4.69, 9.17) is 4.74 Å². The molecule has 0 radical (unpaired) electrons. The van der Waals surface area contributed by atoms with Crippen molar-refractivity contribution in [1.82, 2.24) is 14.5 Å². The number of sulfonamides is 1. The Morgan fingerprint density at radius 3 is 2.72 bits per heavy atom. The Labute approximate surface area is 156 Å². The van der Waals surface area contributed by atoms with E-state index in [0.717, 1.165) is 43.1 Å². The van der Waals surface area contributed by atoms with Crippen molar-refractivity contribution < 1.29 is 13.2 Å². The van der Waals surface area contributed by atoms with E-state index in [1.807, 2.05) is 18.9 Å². The molecule has 2 rings (SSSR count). The molecule has 0 aromatic carbocycles. The molecule has 2 fully saturated rings. The zero-order valence-electron chi connectivity index (χ0n) is 15.4. The second-order valence-corrected chi connectivity index (χ2v) is 9.82. The van der Waals surface area contributed by atoms with E-state index in [9.17, 15) is 8.42 Å². The summed E-state index contributed by atoms with van der Waals surface area (Å²) in [7, 11) is -1.24. The summed E-state index contributed by atoms with van der Waals surface area (Å²) in [4.78, 5) is 6.49. The average Bonchev–Trinajstić information content (AvgIpc) is 3.43. The summed E-state index contributed by atoms with van der Waals surface area (Å²) < 4.78 is 32.0. The molecule has 1 saturated carbocycles. The van der Waals surface area contributed by atoms with Gasteiger partial charge in [-0.25, -0.2) is 12.7 Å². The second kappa shape index (κ2) is 10.6. The van der Waals surface area contributed by atoms with Gasteiger partial charge in [-0.05, 0) is 25.7 Å². The molecule has 2 aliphatic rings. The van der Waals surface area contributed by atoms with Gasteiger partial charge >= 0.3 is 0 Å². The molecule has 25 heavy (non-hydrogen) atoms. The molecular weight excluding hydrogens is 360 g/mol. The van der Waals surface area contributed by atoms with E-state index in [0.29, 0.717) is 19.7 Å². The van der Waals surface area contributed by atoms with Gasteiger partial charge in [0, 0.05) is 51.3 Å². The van der Waals surface area contributed by atoms with Crippen molar-refractivity contribution in [1.29, 1.82) is 0 Å². The SMILES string of the molecule is CCNC(=NCCS(=O)(=O)N1CCSCC1)N(C)CCOCC1CC1. The maximum Gasteiger partial charge on any atom is 0.215 e. The van der Waals surface area contributed by atoms with Crippen LogP contribution >= 0.6 is 11.8 Å². The van der Waals surface area contributed by atoms with E-state index < -0.39 is 10.0 Å². The molecule has 9 heteroatoms. The Balaban J connectivity index is 1.76. The largest absolute Gasteiger partial charge is 0.379 e. The summed E-state index contributed by atoms with van der Waals surface area (Å²) in [6.45, 7) is 6.55. The zero-order valence-corrected chi connectivity index (χ0v) is 17.1. The molecule has 0 amide bonds. The van der Waals surface area contributed by atoms with E-state index in [1.165, 1.54) is 12.8 Å². The van der Waals surface area contributed by atoms with Crippen molar-refractivity contribution >= 4 is 27.7 Å². The minimum atomic E-state index is -3.20. The Morgan fingerprint density at radius 2 is 2.08 bits per heavy atom. The van der Waals surface area contributed by atoms with Gasteiger partial charge in [-0.1, -0.05) is 0 Å². The standard InChI is InChI=1S/C16H32N4O3S2/c1-3-17-16(19(2)7-10-23-14-15-4-5-15)18-6-13-25(21,22)20-8-11-24-12-9-20/h15H,3-14H2,1-2H3,(H,17,18). The van der Waals surface area contributed by atoms with Gasteiger partial charge in [-0.2, -0.15) is 11.8 Å². The van der Waals surface area contributed by atoms with Crippen molar-refractivity contribution in [2.24, 2.45) is 10.9 Å². The molecule has 0 aromatic rings. The topological polar surface area (TPSA) is 74.2 Å². The first kappa shape index (κ1) is 20.8. The van der Waals surface area contributed by atoms with E-state index in [-0.39, 0.29) is 12.3 Å². The molecule has 146 valence electrons. The first-order chi connectivity index (χ1) is 12.0. The number of hydrogen-bond acceptors (Lipinski definition) is 5. The normalized spacial score (nSPS) is 19.8. The van der Waals surface area contributed by atoms with Crippen LogP contribution in [0.15, 0.2) is 4.99 Å². The Kier molecular flexibility index (Phi) is 8.81. The highest BCUT2D eigenvalue weighted by atomic mass is 32.2. The predicted octanol–water partition coefficient (Wildman–Crippen LogP) is 0.689. The number of ether oxygens (including phenoxy) is 1. The molecule has 0 aromatic heterocycles. The Bertz CT molecular complexity index is 517. The third-order valence-electron chi connectivity index (χ3n) is 4.29. The van der Waals surface area contributed by atoms with Crippen LogP contribution in [-0.4, -0.2) is 93.8 Å². The molecule has 0 atom stereocenters. The fraction of sp³-hybridized carbons (Fsp3) is 0.938. The van der Waals surface area contributed by atoms with Crippen molar-refractivity contribution in [3.63, 3.8) is 0 Å². The lowest BCUT2D eigenvalue weighted by Gasteiger charge is -2.25. The fourth-order valence-corrected chi connectivity index (χ4v) is 4.99. The third-order valence-corrected chi connectivity index (χ3v) is 7.09. The van der Waals surface area contributed by atoms with Crippen molar-refractivity contribution in [2.75, 3.05) is 70.2 Å². The number of rotatable bonds is 10. The van der Waals surface area contributed by atoms with Crippen LogP contribution in [0.25, 0.3) is 0 Å². The molecule has 1 heterocycles. The lowest BCUT2D eigenvalue weighted by molar-refractivity contribution is 0.115. The molecule has 1 N–H and O–H groups in total. The number of hydrogen-bond donors (Lipinski definition) is 1. The first-order valence-corrected chi connectivity index (χ1v) is 11.9. The van der Waals surface area contributed by atoms with E-state index in [1.54, 1.807) is 16.1 Å². The molecule has 7 nitrogen and oxygen atoms in total. The lowest BCUT2D eigenvalue weighted by atomic mass is 10.5. The van der Waals surface area contributed by atoms with E-state index in [2.05, 4.69) is 10.3 Å². The molecule has 1 aliphatic carbocycles. The van der Waals surface area contributed by atoms with Gasteiger partial charge in [0.2, 0.25) is 10.0 Å². The van der Waals surface area contributed by atoms with Crippen LogP contribution in [0, 0.1) is 5.92 Å². The van der Waals surface area contributed by atoms with Crippen LogP contribution in [0.4, 0.5) is 0 Å². The number of thioether (sulfide) groups is 1. The zero-order chi connectivity index (χ0) is 18.1. The number of likely N-dealkylation sites (N-methyl/N-ethyl adjacent to an activating group) is 1. The van der Waals surface area contributed by atoms with Crippen molar-refractivity contribution in [3.05, 3.63) is 0 Å². The van der Waals surface area contributed by atoms with Crippen molar-refractivity contribution in [2.45, 2.75) is 19.8 Å². The molecule has 1 saturated heterocycles. The van der Waals surface area contributed by atoms with Gasteiger partial charge in [-0.3, -0.25) is 4.99 Å². The maximum atomic E-state index is 12.4. The molecule has 1 aliphatic heterocycles. The highest BCUT2D eigenvalue weighted by Crippen LogP contribution is 2.28. The maximum absolute atomic E-state index is 12.4. The highest BCUT2D eigenvalue weighted by Gasteiger charge is 2.24. The van der Waals surface area contributed by atoms with Gasteiger partial charge in [0.25, 0.3) is 0 Å². The molecule has 0 bridgehead atoms. The summed E-state index contributed by atoms with van der Waals surface area (Å²) >= 11 is 1.81. The van der Waals surface area contributed by atoms with Gasteiger partial charge in [0.15, 0.2) is 5.96 Å². The average molecular weight is 393 g/mol. The van der Waals surface area contributed by atoms with Gasteiger partial charge in [0.05, 0.1) is 18.9 Å². The fourth-order valence-electron chi connectivity index (χ4n) is 2.53. The monoisotopic (exact) mass is 392 g/mol. The third kappa shape index (κ3) is 7.72. The summed E-state index contributed by atoms with van der Waals surface area (Å²) in [6, 6.07) is 0. The van der Waals surface area contributed by atoms with Gasteiger partial charge < -0.3 is 15.0 Å². The summed E-state index contributed by atoms with van der Waals surface area (Å²) in [5, 5.41) is 3.22. The van der Waals surface area contributed by atoms with Crippen LogP contribution in [0.2, 0.25) is 0 Å². The molecular formula is C16H32N4O3S2. The number of guanidine groups is 1. The van der Waals surface area contributed by atoms with Crippen LogP contribution in [0.5, 0.6) is 0 Å². The van der Waals surface area contributed by atoms with Crippen LogP contribution in [-0.2, 0) is 14.8 Å². The smallest absolute Gasteiger partial charge is 0.215 e. The quantitative estimate of drug-likeness (QED) is 0.335. The summed E-state index contributed by atoms with van der Waals surface area (Å²) in [5.74, 6) is 3.34. The number of nitrogens with one attached hydrogen (secondary N) is 1. The van der Waals surface area contributed by atoms with Crippen LogP contribution in [0.1, 0.15) is 19.8 Å². The summed E-state index contributed by atoms with van der Waals surface area (Å²) in [5.41, 5.74) is 0. The van der Waals surface area contributed by atoms with Gasteiger partial charge in [0.1, 0.15) is 0 Å².